The predicted molar refractivity (Wildman–Crippen MR) is 0 cm³/mol. The summed E-state index contributed by atoms with van der Waals surface area (Å²) in [5.74, 6) is 0. The van der Waals surface area contributed by atoms with Gasteiger partial charge in [-0.2, -0.15) is 0 Å². The van der Waals surface area contributed by atoms with Crippen LogP contribution >= 0.6 is 0 Å². The van der Waals surface area contributed by atoms with Crippen LogP contribution < -0.4 is 0 Å². The Kier molecular flexibility index (Phi) is 122. The molecule has 0 atom stereocenters. The van der Waals surface area contributed by atoms with Gasteiger partial charge in [0.25, 0.3) is 0 Å². The van der Waals surface area contributed by atoms with Crippen LogP contribution in [0, 0.1) is 0 Å². The molecule has 0 nitrogen and oxygen atoms in total. The first-order valence-corrected chi connectivity index (χ1v) is 0. The molecule has 0 bridgehead atoms. The van der Waals surface area contributed by atoms with Crippen molar-refractivity contribution in [3.8, 4) is 0 Å². The van der Waals surface area contributed by atoms with Crippen LogP contribution in [-0.2, 0) is 87.4 Å². The Balaban J connectivity index is 0. The third kappa shape index (κ3) is 8.85. The van der Waals surface area contributed by atoms with Gasteiger partial charge in [0, 0.05) is 87.4 Å². The van der Waals surface area contributed by atoms with Gasteiger partial charge >= 0.3 is 0 Å². The van der Waals surface area contributed by atoms with Crippen molar-refractivity contribution in [2.45, 2.75) is 0 Å². The van der Waals surface area contributed by atoms with E-state index in [1.807, 2.05) is 0 Å². The first-order valence-electron chi connectivity index (χ1n) is 0. The number of rotatable bonds is 0. The summed E-state index contributed by atoms with van der Waals surface area (Å²) < 4.78 is 0. The molecule has 0 aromatic heterocycles. The van der Waals surface area contributed by atoms with Gasteiger partial charge in [-0.05, 0) is 0 Å². The van der Waals surface area contributed by atoms with Crippen molar-refractivity contribution >= 4 is 0 Å². The van der Waals surface area contributed by atoms with Crippen molar-refractivity contribution in [1.29, 1.82) is 0 Å². The smallest absolute Gasteiger partial charge is 0 e. The fraction of sp³-hybridized carbons (Fsp3) is 0. The minimum atomic E-state index is 0. The Morgan fingerprint density at radius 3 is 1.00 bits per heavy atom. The molecule has 0 aliphatic carbocycles. The molecule has 2 radical (unpaired) electrons. The minimum Gasteiger partial charge on any atom is 0 e. The molecule has 4 heteroatoms. The Labute approximate surface area is 85.9 Å². The van der Waals surface area contributed by atoms with Crippen LogP contribution in [0.25, 0.3) is 0 Å². The van der Waals surface area contributed by atoms with E-state index in [-0.39, 0.29) is 87.4 Å². The maximum atomic E-state index is 0. The SMILES string of the molecule is [Cu].[Nb].[Ti].[Zr]. The average Bonchev–Trinajstić information content (AvgIpc) is 0. The minimum absolute atomic E-state index is 0. The third-order valence-electron chi connectivity index (χ3n) is 0. The first-order chi connectivity index (χ1) is 0. The van der Waals surface area contributed by atoms with E-state index >= 15 is 0 Å². The average molecular weight is 296 g/mol. The van der Waals surface area contributed by atoms with Gasteiger partial charge in [0.05, 0.1) is 0 Å². The normalized spacial score (nSPS) is 0. The van der Waals surface area contributed by atoms with Crippen molar-refractivity contribution in [1.82, 2.24) is 0 Å². The third-order valence-corrected chi connectivity index (χ3v) is 0. The Morgan fingerprint density at radius 2 is 1.00 bits per heavy atom. The quantitative estimate of drug-likeness (QED) is 0.552. The zero-order chi connectivity index (χ0) is 0. The number of hydrogen-bond acceptors (Lipinski definition) is 0. The molecule has 0 N–H and O–H groups in total. The van der Waals surface area contributed by atoms with Crippen LogP contribution in [0.15, 0.2) is 0 Å². The molecule has 0 aliphatic heterocycles. The largest absolute Gasteiger partial charge is 0 e. The Bertz CT molecular complexity index is 8.00. The summed E-state index contributed by atoms with van der Waals surface area (Å²) in [5.41, 5.74) is 0. The van der Waals surface area contributed by atoms with E-state index in [4.69, 9.17) is 0 Å². The molecular weight excluding hydrogens is 296 g/mol. The Morgan fingerprint density at radius 1 is 1.00 bits per heavy atom. The molecule has 0 saturated heterocycles. The van der Waals surface area contributed by atoms with Crippen LogP contribution in [0.3, 0.4) is 0 Å². The maximum absolute atomic E-state index is 0. The molecule has 0 aromatic carbocycles. The molecule has 4 heavy (non-hydrogen) atoms. The molecule has 24 valence electrons. The Hall–Kier alpha value is 2.86. The van der Waals surface area contributed by atoms with Gasteiger partial charge in [0.2, 0.25) is 0 Å². The molecule has 0 fully saturated rings. The van der Waals surface area contributed by atoms with Crippen LogP contribution in [0.5, 0.6) is 0 Å². The molecule has 0 heterocycles. The van der Waals surface area contributed by atoms with E-state index in [0.29, 0.717) is 0 Å². The van der Waals surface area contributed by atoms with Gasteiger partial charge in [0.1, 0.15) is 0 Å². The molecule has 0 rings (SSSR count). The molecule has 0 aromatic rings. The standard InChI is InChI=1S/Cu.Nb.Ti.Zr. The van der Waals surface area contributed by atoms with E-state index < -0.39 is 0 Å². The summed E-state index contributed by atoms with van der Waals surface area (Å²) >= 11 is 0. The fourth-order valence-electron chi connectivity index (χ4n) is 0. The fourth-order valence-corrected chi connectivity index (χ4v) is 0. The zero-order valence-electron chi connectivity index (χ0n) is 1.75. The summed E-state index contributed by atoms with van der Waals surface area (Å²) in [7, 11) is 0. The molecule has 0 saturated carbocycles. The van der Waals surface area contributed by atoms with E-state index in [0.717, 1.165) is 0 Å². The summed E-state index contributed by atoms with van der Waals surface area (Å²) in [6, 6.07) is 0. The van der Waals surface area contributed by atoms with E-state index in [1.165, 1.54) is 0 Å². The second-order valence-electron chi connectivity index (χ2n) is 0. The van der Waals surface area contributed by atoms with Gasteiger partial charge in [-0.25, -0.2) is 0 Å². The van der Waals surface area contributed by atoms with Crippen molar-refractivity contribution in [3.63, 3.8) is 0 Å². The molecule has 0 spiro atoms. The van der Waals surface area contributed by atoms with Crippen molar-refractivity contribution < 1.29 is 87.4 Å². The molecular formula is CuNbTiZr. The summed E-state index contributed by atoms with van der Waals surface area (Å²) in [4.78, 5) is 0. The second-order valence-corrected chi connectivity index (χ2v) is 0. The van der Waals surface area contributed by atoms with E-state index in [1.54, 1.807) is 0 Å². The van der Waals surface area contributed by atoms with Crippen molar-refractivity contribution in [2.24, 2.45) is 0 Å². The second kappa shape index (κ2) is 16.9. The van der Waals surface area contributed by atoms with Gasteiger partial charge in [-0.1, -0.05) is 0 Å². The van der Waals surface area contributed by atoms with Crippen molar-refractivity contribution in [3.05, 3.63) is 0 Å². The van der Waals surface area contributed by atoms with Crippen LogP contribution in [0.4, 0.5) is 0 Å². The summed E-state index contributed by atoms with van der Waals surface area (Å²) in [6.45, 7) is 0. The van der Waals surface area contributed by atoms with Crippen LogP contribution in [0.2, 0.25) is 0 Å². The molecule has 0 unspecified atom stereocenters. The topological polar surface area (TPSA) is 0 Å². The molecule has 0 amide bonds. The van der Waals surface area contributed by atoms with Gasteiger partial charge in [0.15, 0.2) is 0 Å². The maximum Gasteiger partial charge on any atom is 0 e. The van der Waals surface area contributed by atoms with Crippen LogP contribution in [0.1, 0.15) is 0 Å². The predicted octanol–water partition coefficient (Wildman–Crippen LogP) is -0.0100. The number of hydrogen-bond donors (Lipinski definition) is 0. The summed E-state index contributed by atoms with van der Waals surface area (Å²) in [5, 5.41) is 0. The van der Waals surface area contributed by atoms with E-state index in [2.05, 4.69) is 0 Å². The molecule has 0 aliphatic rings. The monoisotopic (exact) mass is 294 g/mol. The van der Waals surface area contributed by atoms with Gasteiger partial charge < -0.3 is 0 Å². The van der Waals surface area contributed by atoms with Crippen LogP contribution in [-0.4, -0.2) is 0 Å². The van der Waals surface area contributed by atoms with Gasteiger partial charge in [-0.15, -0.1) is 0 Å². The zero-order valence-corrected chi connectivity index (χ0v) is 8.91. The van der Waals surface area contributed by atoms with Gasteiger partial charge in [-0.3, -0.25) is 0 Å². The first kappa shape index (κ1) is 28.8. The summed E-state index contributed by atoms with van der Waals surface area (Å²) in [6.07, 6.45) is 0. The van der Waals surface area contributed by atoms with E-state index in [9.17, 15) is 0 Å². The van der Waals surface area contributed by atoms with Crippen molar-refractivity contribution in [2.75, 3.05) is 0 Å².